The standard InChI is InChI=1S/C24H25NO5/c1-16-6-11-20-23(14-16)30-22-5-3-2-4-19(22)25(20)12-13-29-18-9-7-17(8-10-18)15-21(26)24(27)28/h2-5,7-11,14,16,21,26H,6,12-13,15H2,1H3,(H,27,28). The van der Waals surface area contributed by atoms with Crippen LogP contribution in [0.5, 0.6) is 11.5 Å². The number of rotatable bonds is 7. The third-order valence-corrected chi connectivity index (χ3v) is 5.26. The number of ether oxygens (including phenoxy) is 2. The Morgan fingerprint density at radius 3 is 2.77 bits per heavy atom. The molecule has 4 rings (SSSR count). The van der Waals surface area contributed by atoms with E-state index in [0.717, 1.165) is 34.9 Å². The molecule has 0 saturated heterocycles. The van der Waals surface area contributed by atoms with Crippen molar-refractivity contribution in [2.45, 2.75) is 25.9 Å². The number of carbonyl (C=O) groups is 1. The number of aliphatic hydroxyl groups is 1. The van der Waals surface area contributed by atoms with E-state index >= 15 is 0 Å². The quantitative estimate of drug-likeness (QED) is 0.728. The summed E-state index contributed by atoms with van der Waals surface area (Å²) in [6, 6.07) is 15.1. The maximum Gasteiger partial charge on any atom is 0.332 e. The molecule has 0 fully saturated rings. The SMILES string of the molecule is CC1C=C2Oc3ccccc3N(CCOc3ccc(CC(O)C(=O)O)cc3)C2=CC1. The minimum atomic E-state index is -1.40. The number of aliphatic carboxylic acids is 1. The summed E-state index contributed by atoms with van der Waals surface area (Å²) < 4.78 is 12.0. The number of hydrogen-bond donors (Lipinski definition) is 2. The number of aliphatic hydroxyl groups excluding tert-OH is 1. The number of carboxylic acid groups (broad SMARTS) is 1. The van der Waals surface area contributed by atoms with Crippen LogP contribution in [0, 0.1) is 5.92 Å². The van der Waals surface area contributed by atoms with E-state index in [2.05, 4.69) is 24.0 Å². The summed E-state index contributed by atoms with van der Waals surface area (Å²) in [5.41, 5.74) is 2.85. The molecule has 0 bridgehead atoms. The van der Waals surface area contributed by atoms with Crippen LogP contribution in [0.25, 0.3) is 0 Å². The van der Waals surface area contributed by atoms with Crippen LogP contribution in [-0.2, 0) is 11.2 Å². The lowest BCUT2D eigenvalue weighted by Gasteiger charge is -2.36. The Bertz CT molecular complexity index is 979. The van der Waals surface area contributed by atoms with Gasteiger partial charge in [0.05, 0.1) is 17.9 Å². The molecule has 1 heterocycles. The molecule has 2 aromatic rings. The molecule has 2 unspecified atom stereocenters. The first-order chi connectivity index (χ1) is 14.5. The Hall–Kier alpha value is -3.25. The van der Waals surface area contributed by atoms with E-state index in [1.165, 1.54) is 0 Å². The summed E-state index contributed by atoms with van der Waals surface area (Å²) in [7, 11) is 0. The minimum Gasteiger partial charge on any atom is -0.492 e. The highest BCUT2D eigenvalue weighted by molar-refractivity contribution is 5.72. The van der Waals surface area contributed by atoms with Crippen molar-refractivity contribution >= 4 is 11.7 Å². The number of hydrogen-bond acceptors (Lipinski definition) is 5. The molecule has 0 spiro atoms. The van der Waals surface area contributed by atoms with Gasteiger partial charge in [-0.15, -0.1) is 0 Å². The van der Waals surface area contributed by atoms with Gasteiger partial charge in [-0.25, -0.2) is 4.79 Å². The van der Waals surface area contributed by atoms with E-state index in [-0.39, 0.29) is 6.42 Å². The fourth-order valence-electron chi connectivity index (χ4n) is 3.68. The zero-order chi connectivity index (χ0) is 21.1. The lowest BCUT2D eigenvalue weighted by atomic mass is 9.98. The van der Waals surface area contributed by atoms with Crippen LogP contribution in [0.2, 0.25) is 0 Å². The molecule has 6 heteroatoms. The topological polar surface area (TPSA) is 79.2 Å². The molecule has 156 valence electrons. The van der Waals surface area contributed by atoms with Crippen molar-refractivity contribution in [3.63, 3.8) is 0 Å². The third kappa shape index (κ3) is 4.33. The number of allylic oxidation sites excluding steroid dienone is 2. The van der Waals surface area contributed by atoms with Crippen LogP contribution in [0.1, 0.15) is 18.9 Å². The largest absolute Gasteiger partial charge is 0.492 e. The molecule has 1 aliphatic heterocycles. The van der Waals surface area contributed by atoms with E-state index in [0.29, 0.717) is 24.8 Å². The molecule has 2 aromatic carbocycles. The van der Waals surface area contributed by atoms with E-state index in [9.17, 15) is 9.90 Å². The highest BCUT2D eigenvalue weighted by atomic mass is 16.5. The van der Waals surface area contributed by atoms with Crippen molar-refractivity contribution in [2.75, 3.05) is 18.1 Å². The van der Waals surface area contributed by atoms with Crippen LogP contribution < -0.4 is 14.4 Å². The van der Waals surface area contributed by atoms with Gasteiger partial charge in [-0.2, -0.15) is 0 Å². The van der Waals surface area contributed by atoms with Crippen LogP contribution in [0.15, 0.2) is 72.1 Å². The Labute approximate surface area is 175 Å². The van der Waals surface area contributed by atoms with Crippen molar-refractivity contribution in [3.8, 4) is 11.5 Å². The van der Waals surface area contributed by atoms with Crippen molar-refractivity contribution in [1.29, 1.82) is 0 Å². The molecule has 0 radical (unpaired) electrons. The Morgan fingerprint density at radius 2 is 2.00 bits per heavy atom. The fourth-order valence-corrected chi connectivity index (χ4v) is 3.68. The lowest BCUT2D eigenvalue weighted by Crippen LogP contribution is -2.34. The second kappa shape index (κ2) is 8.63. The molecule has 2 atom stereocenters. The first kappa shape index (κ1) is 20.0. The van der Waals surface area contributed by atoms with Gasteiger partial charge in [0.15, 0.2) is 11.9 Å². The summed E-state index contributed by atoms with van der Waals surface area (Å²) in [6.07, 6.45) is 4.04. The highest BCUT2D eigenvalue weighted by Crippen LogP contribution is 2.41. The molecular formula is C24H25NO5. The summed E-state index contributed by atoms with van der Waals surface area (Å²) in [5, 5.41) is 18.3. The zero-order valence-electron chi connectivity index (χ0n) is 16.8. The van der Waals surface area contributed by atoms with Gasteiger partial charge in [0.2, 0.25) is 0 Å². The maximum absolute atomic E-state index is 10.8. The minimum absolute atomic E-state index is 0.0713. The Morgan fingerprint density at radius 1 is 1.23 bits per heavy atom. The Balaban J connectivity index is 1.42. The maximum atomic E-state index is 10.8. The summed E-state index contributed by atoms with van der Waals surface area (Å²) in [6.45, 7) is 3.32. The first-order valence-electron chi connectivity index (χ1n) is 10.1. The fraction of sp³-hybridized carbons (Fsp3) is 0.292. The van der Waals surface area contributed by atoms with E-state index in [1.54, 1.807) is 24.3 Å². The average Bonchev–Trinajstić information content (AvgIpc) is 2.74. The average molecular weight is 407 g/mol. The van der Waals surface area contributed by atoms with E-state index in [1.807, 2.05) is 24.3 Å². The van der Waals surface area contributed by atoms with Crippen molar-refractivity contribution in [3.05, 3.63) is 77.7 Å². The monoisotopic (exact) mass is 407 g/mol. The third-order valence-electron chi connectivity index (χ3n) is 5.26. The predicted octanol–water partition coefficient (Wildman–Crippen LogP) is 3.76. The number of para-hydroxylation sites is 2. The lowest BCUT2D eigenvalue weighted by molar-refractivity contribution is -0.146. The second-order valence-electron chi connectivity index (χ2n) is 7.61. The van der Waals surface area contributed by atoms with Gasteiger partial charge in [-0.1, -0.05) is 37.3 Å². The molecule has 1 aliphatic carbocycles. The second-order valence-corrected chi connectivity index (χ2v) is 7.61. The van der Waals surface area contributed by atoms with Gasteiger partial charge in [0.1, 0.15) is 18.1 Å². The summed E-state index contributed by atoms with van der Waals surface area (Å²) in [5.74, 6) is 1.67. The molecular weight excluding hydrogens is 382 g/mol. The number of carboxylic acids is 1. The highest BCUT2D eigenvalue weighted by Gasteiger charge is 2.28. The van der Waals surface area contributed by atoms with Gasteiger partial charge in [-0.3, -0.25) is 0 Å². The Kier molecular flexibility index (Phi) is 5.77. The molecule has 0 aromatic heterocycles. The number of nitrogens with zero attached hydrogens (tertiary/aromatic N) is 1. The number of anilines is 1. The molecule has 0 amide bonds. The van der Waals surface area contributed by atoms with Crippen molar-refractivity contribution in [1.82, 2.24) is 0 Å². The molecule has 0 saturated carbocycles. The molecule has 2 aliphatic rings. The number of fused-ring (bicyclic) bond motifs is 2. The van der Waals surface area contributed by atoms with Gasteiger partial charge in [-0.05, 0) is 48.2 Å². The van der Waals surface area contributed by atoms with Gasteiger partial charge < -0.3 is 24.6 Å². The van der Waals surface area contributed by atoms with Crippen molar-refractivity contribution in [2.24, 2.45) is 5.92 Å². The van der Waals surface area contributed by atoms with Crippen LogP contribution in [0.3, 0.4) is 0 Å². The molecule has 30 heavy (non-hydrogen) atoms. The van der Waals surface area contributed by atoms with Gasteiger partial charge in [0, 0.05) is 6.42 Å². The molecule has 2 N–H and O–H groups in total. The normalized spacial score (nSPS) is 18.3. The van der Waals surface area contributed by atoms with Crippen LogP contribution in [-0.4, -0.2) is 35.4 Å². The van der Waals surface area contributed by atoms with Crippen molar-refractivity contribution < 1.29 is 24.5 Å². The van der Waals surface area contributed by atoms with Crippen LogP contribution >= 0.6 is 0 Å². The van der Waals surface area contributed by atoms with E-state index in [4.69, 9.17) is 14.6 Å². The smallest absolute Gasteiger partial charge is 0.332 e. The van der Waals surface area contributed by atoms with Crippen LogP contribution in [0.4, 0.5) is 5.69 Å². The summed E-state index contributed by atoms with van der Waals surface area (Å²) >= 11 is 0. The van der Waals surface area contributed by atoms with E-state index < -0.39 is 12.1 Å². The van der Waals surface area contributed by atoms with Gasteiger partial charge in [0.25, 0.3) is 0 Å². The predicted molar refractivity (Wildman–Crippen MR) is 114 cm³/mol. The number of benzene rings is 2. The first-order valence-corrected chi connectivity index (χ1v) is 10.1. The van der Waals surface area contributed by atoms with Gasteiger partial charge >= 0.3 is 5.97 Å². The zero-order valence-corrected chi connectivity index (χ0v) is 16.8. The molecule has 6 nitrogen and oxygen atoms in total. The summed E-state index contributed by atoms with van der Waals surface area (Å²) in [4.78, 5) is 13.0.